The van der Waals surface area contributed by atoms with Crippen molar-refractivity contribution in [1.29, 1.82) is 5.26 Å². The van der Waals surface area contributed by atoms with Gasteiger partial charge < -0.3 is 26.0 Å². The summed E-state index contributed by atoms with van der Waals surface area (Å²) in [5, 5.41) is 30.9. The molecule has 2 saturated heterocycles. The van der Waals surface area contributed by atoms with Gasteiger partial charge in [-0.1, -0.05) is 54.6 Å². The smallest absolute Gasteiger partial charge is 0.274 e. The number of nitriles is 1. The molecule has 4 aromatic rings. The van der Waals surface area contributed by atoms with E-state index in [9.17, 15) is 15.2 Å². The number of aromatic nitrogens is 2. The van der Waals surface area contributed by atoms with Gasteiger partial charge in [0.05, 0.1) is 18.2 Å². The van der Waals surface area contributed by atoms with Crippen molar-refractivity contribution in [3.05, 3.63) is 84.1 Å². The molecule has 1 aromatic heterocycles. The summed E-state index contributed by atoms with van der Waals surface area (Å²) in [6.45, 7) is 4.61. The summed E-state index contributed by atoms with van der Waals surface area (Å²) in [6, 6.07) is 25.6. The fraction of sp³-hybridized carbons (Fsp3) is 0.333. The molecule has 4 N–H and O–H groups in total. The fourth-order valence-corrected chi connectivity index (χ4v) is 6.02. The van der Waals surface area contributed by atoms with Gasteiger partial charge in [0.2, 0.25) is 5.95 Å². The maximum atomic E-state index is 13.6. The number of rotatable bonds is 9. The summed E-state index contributed by atoms with van der Waals surface area (Å²) in [6.07, 6.45) is 2.60. The maximum absolute atomic E-state index is 13.6. The van der Waals surface area contributed by atoms with E-state index in [0.29, 0.717) is 56.1 Å². The standard InChI is InChI=1S/C33H36N8O2/c34-13-12-25-22-41(16-14-35-25)31-19-30(32(43)37-29-18-27(42)17-24-9-4-5-11-28(24)29)38-33(39-31)36-20-26-10-6-15-40(26)21-23-7-2-1-3-8-23/h1-5,7-9,11,17-19,25-26,35,42H,6,10,12,14-16,20-22H2,(H,37,43)(H,36,38,39)/t25-,26-/m0/s1. The molecule has 2 aliphatic heterocycles. The normalized spacial score (nSPS) is 18.8. The van der Waals surface area contributed by atoms with Crippen molar-refractivity contribution in [3.8, 4) is 11.8 Å². The zero-order chi connectivity index (χ0) is 29.6. The molecule has 0 saturated carbocycles. The monoisotopic (exact) mass is 576 g/mol. The highest BCUT2D eigenvalue weighted by Gasteiger charge is 2.26. The quantitative estimate of drug-likeness (QED) is 0.230. The SMILES string of the molecule is N#CC[C@H]1CN(c2cc(C(=O)Nc3cc(O)cc4ccccc34)nc(NC[C@@H]3CCCN3Cc3ccccc3)n2)CCN1. The van der Waals surface area contributed by atoms with Gasteiger partial charge in [-0.25, -0.2) is 4.98 Å². The Morgan fingerprint density at radius 2 is 1.91 bits per heavy atom. The van der Waals surface area contributed by atoms with Crippen molar-refractivity contribution in [2.75, 3.05) is 48.3 Å². The van der Waals surface area contributed by atoms with E-state index in [1.54, 1.807) is 18.2 Å². The number of hydrogen-bond acceptors (Lipinski definition) is 9. The van der Waals surface area contributed by atoms with Crippen LogP contribution in [0.4, 0.5) is 17.5 Å². The van der Waals surface area contributed by atoms with Crippen LogP contribution in [0.1, 0.15) is 35.3 Å². The molecule has 0 aliphatic carbocycles. The number of phenolic OH excluding ortho intramolecular Hbond substituents is 1. The predicted octanol–water partition coefficient (Wildman–Crippen LogP) is 4.36. The molecular formula is C33H36N8O2. The lowest BCUT2D eigenvalue weighted by atomic mass is 10.1. The van der Waals surface area contributed by atoms with E-state index in [0.717, 1.165) is 36.7 Å². The summed E-state index contributed by atoms with van der Waals surface area (Å²) in [5.74, 6) is 0.712. The van der Waals surface area contributed by atoms with Crippen molar-refractivity contribution >= 4 is 34.1 Å². The van der Waals surface area contributed by atoms with E-state index in [1.807, 2.05) is 30.3 Å². The third kappa shape index (κ3) is 6.85. The van der Waals surface area contributed by atoms with E-state index < -0.39 is 5.91 Å². The summed E-state index contributed by atoms with van der Waals surface area (Å²) in [5.41, 5.74) is 2.02. The first kappa shape index (κ1) is 28.4. The van der Waals surface area contributed by atoms with Crippen LogP contribution < -0.4 is 20.9 Å². The molecule has 2 atom stereocenters. The van der Waals surface area contributed by atoms with Crippen molar-refractivity contribution in [1.82, 2.24) is 20.2 Å². The minimum absolute atomic E-state index is 0.0195. The fourth-order valence-electron chi connectivity index (χ4n) is 6.02. The number of amides is 1. The third-order valence-corrected chi connectivity index (χ3v) is 8.18. The Kier molecular flexibility index (Phi) is 8.63. The van der Waals surface area contributed by atoms with Crippen LogP contribution in [0.2, 0.25) is 0 Å². The molecule has 0 unspecified atom stereocenters. The van der Waals surface area contributed by atoms with Crippen molar-refractivity contribution < 1.29 is 9.90 Å². The number of benzene rings is 3. The number of carbonyl (C=O) groups is 1. The number of phenols is 1. The van der Waals surface area contributed by atoms with Crippen LogP contribution in [0.25, 0.3) is 10.8 Å². The number of carbonyl (C=O) groups excluding carboxylic acids is 1. The zero-order valence-electron chi connectivity index (χ0n) is 24.0. The first-order chi connectivity index (χ1) is 21.1. The van der Waals surface area contributed by atoms with E-state index in [-0.39, 0.29) is 17.5 Å². The summed E-state index contributed by atoms with van der Waals surface area (Å²) >= 11 is 0. The molecule has 3 heterocycles. The van der Waals surface area contributed by atoms with Gasteiger partial charge in [0.1, 0.15) is 17.3 Å². The maximum Gasteiger partial charge on any atom is 0.274 e. The molecular weight excluding hydrogens is 540 g/mol. The number of piperazine rings is 1. The molecule has 220 valence electrons. The highest BCUT2D eigenvalue weighted by atomic mass is 16.3. The second-order valence-corrected chi connectivity index (χ2v) is 11.2. The molecule has 2 fully saturated rings. The van der Waals surface area contributed by atoms with Gasteiger partial charge in [0.25, 0.3) is 5.91 Å². The topological polar surface area (TPSA) is 129 Å². The molecule has 0 spiro atoms. The highest BCUT2D eigenvalue weighted by molar-refractivity contribution is 6.09. The lowest BCUT2D eigenvalue weighted by Gasteiger charge is -2.33. The van der Waals surface area contributed by atoms with Gasteiger partial charge in [-0.05, 0) is 36.4 Å². The molecule has 1 amide bonds. The molecule has 3 aromatic carbocycles. The molecule has 43 heavy (non-hydrogen) atoms. The average molecular weight is 577 g/mol. The Morgan fingerprint density at radius 1 is 1.07 bits per heavy atom. The molecule has 2 aliphatic rings. The van der Waals surface area contributed by atoms with Crippen LogP contribution in [0, 0.1) is 11.3 Å². The molecule has 6 rings (SSSR count). The van der Waals surface area contributed by atoms with Crippen molar-refractivity contribution in [2.24, 2.45) is 0 Å². The number of aromatic hydroxyl groups is 1. The Hall–Kier alpha value is -4.72. The molecule has 10 heteroatoms. The number of fused-ring (bicyclic) bond motifs is 1. The van der Waals surface area contributed by atoms with Crippen molar-refractivity contribution in [3.63, 3.8) is 0 Å². The summed E-state index contributed by atoms with van der Waals surface area (Å²) < 4.78 is 0. The number of hydrogen-bond donors (Lipinski definition) is 4. The van der Waals surface area contributed by atoms with Gasteiger partial charge in [-0.3, -0.25) is 9.69 Å². The second kappa shape index (κ2) is 13.1. The Bertz CT molecular complexity index is 1620. The first-order valence-electron chi connectivity index (χ1n) is 14.8. The molecule has 10 nitrogen and oxygen atoms in total. The van der Waals surface area contributed by atoms with Crippen LogP contribution in [0.3, 0.4) is 0 Å². The Labute approximate surface area is 251 Å². The lowest BCUT2D eigenvalue weighted by Crippen LogP contribution is -2.51. The number of nitrogens with one attached hydrogen (secondary N) is 3. The van der Waals surface area contributed by atoms with Crippen LogP contribution in [-0.2, 0) is 6.54 Å². The van der Waals surface area contributed by atoms with E-state index in [4.69, 9.17) is 4.98 Å². The number of nitrogens with zero attached hydrogens (tertiary/aromatic N) is 5. The van der Waals surface area contributed by atoms with Crippen LogP contribution >= 0.6 is 0 Å². The van der Waals surface area contributed by atoms with E-state index in [1.165, 1.54) is 5.56 Å². The van der Waals surface area contributed by atoms with Gasteiger partial charge in [-0.15, -0.1) is 0 Å². The number of likely N-dealkylation sites (tertiary alicyclic amines) is 1. The average Bonchev–Trinajstić information content (AvgIpc) is 3.47. The number of anilines is 3. The Balaban J connectivity index is 1.25. The second-order valence-electron chi connectivity index (χ2n) is 11.2. The highest BCUT2D eigenvalue weighted by Crippen LogP contribution is 2.29. The van der Waals surface area contributed by atoms with Gasteiger partial charge in [0, 0.05) is 62.3 Å². The minimum atomic E-state index is -0.391. The van der Waals surface area contributed by atoms with E-state index >= 15 is 0 Å². The zero-order valence-corrected chi connectivity index (χ0v) is 24.0. The van der Waals surface area contributed by atoms with Crippen LogP contribution in [-0.4, -0.2) is 70.7 Å². The minimum Gasteiger partial charge on any atom is -0.508 e. The van der Waals surface area contributed by atoms with Gasteiger partial charge in [-0.2, -0.15) is 10.2 Å². The third-order valence-electron chi connectivity index (χ3n) is 8.18. The van der Waals surface area contributed by atoms with Crippen LogP contribution in [0.15, 0.2) is 72.8 Å². The largest absolute Gasteiger partial charge is 0.508 e. The van der Waals surface area contributed by atoms with Gasteiger partial charge >= 0.3 is 0 Å². The lowest BCUT2D eigenvalue weighted by molar-refractivity contribution is 0.102. The van der Waals surface area contributed by atoms with Crippen LogP contribution in [0.5, 0.6) is 5.75 Å². The van der Waals surface area contributed by atoms with E-state index in [2.05, 4.69) is 61.1 Å². The molecule has 0 bridgehead atoms. The molecule has 0 radical (unpaired) electrons. The van der Waals surface area contributed by atoms with Crippen molar-refractivity contribution in [2.45, 2.75) is 37.9 Å². The van der Waals surface area contributed by atoms with Gasteiger partial charge in [0.15, 0.2) is 0 Å². The summed E-state index contributed by atoms with van der Waals surface area (Å²) in [7, 11) is 0. The Morgan fingerprint density at radius 3 is 2.77 bits per heavy atom. The summed E-state index contributed by atoms with van der Waals surface area (Å²) in [4.78, 5) is 27.7. The predicted molar refractivity (Wildman–Crippen MR) is 168 cm³/mol. The first-order valence-corrected chi connectivity index (χ1v) is 14.8.